The Bertz CT molecular complexity index is 886. The van der Waals surface area contributed by atoms with Gasteiger partial charge in [-0.05, 0) is 42.3 Å². The number of para-hydroxylation sites is 1. The van der Waals surface area contributed by atoms with Gasteiger partial charge < -0.3 is 14.5 Å². The molecule has 0 radical (unpaired) electrons. The minimum atomic E-state index is -0.214. The van der Waals surface area contributed by atoms with Gasteiger partial charge in [-0.15, -0.1) is 5.10 Å². The maximum atomic E-state index is 12.3. The molecule has 1 N–H and O–H groups in total. The van der Waals surface area contributed by atoms with Gasteiger partial charge in [-0.1, -0.05) is 30.0 Å². The van der Waals surface area contributed by atoms with Crippen LogP contribution in [0, 0.1) is 0 Å². The monoisotopic (exact) mass is 387 g/mol. The van der Waals surface area contributed by atoms with E-state index in [1.54, 1.807) is 4.68 Å². The average Bonchev–Trinajstić information content (AvgIpc) is 3.41. The summed E-state index contributed by atoms with van der Waals surface area (Å²) in [5.74, 6) is 0.869. The molecule has 0 saturated carbocycles. The van der Waals surface area contributed by atoms with Gasteiger partial charge in [0.15, 0.2) is 0 Å². The second-order valence-corrected chi connectivity index (χ2v) is 7.49. The number of furan rings is 1. The van der Waals surface area contributed by atoms with E-state index in [1.807, 2.05) is 37.3 Å². The number of amides is 1. The summed E-state index contributed by atoms with van der Waals surface area (Å²) >= 11 is 1.32. The normalized spacial score (nSPS) is 18.0. The van der Waals surface area contributed by atoms with Gasteiger partial charge in [-0.25, -0.2) is 4.68 Å². The lowest BCUT2D eigenvalue weighted by Crippen LogP contribution is -2.28. The van der Waals surface area contributed by atoms with Gasteiger partial charge in [0.05, 0.1) is 24.4 Å². The molecule has 27 heavy (non-hydrogen) atoms. The molecule has 8 nitrogen and oxygen atoms in total. The molecule has 2 atom stereocenters. The molecule has 3 aromatic rings. The first-order chi connectivity index (χ1) is 13.2. The molecule has 9 heteroatoms. The third-order valence-corrected chi connectivity index (χ3v) is 5.44. The van der Waals surface area contributed by atoms with Crippen molar-refractivity contribution in [1.82, 2.24) is 25.5 Å². The number of rotatable bonds is 7. The number of ether oxygens (including phenoxy) is 1. The smallest absolute Gasteiger partial charge is 0.231 e. The maximum absolute atomic E-state index is 12.3. The first kappa shape index (κ1) is 18.0. The first-order valence-corrected chi connectivity index (χ1v) is 9.96. The van der Waals surface area contributed by atoms with E-state index >= 15 is 0 Å². The predicted molar refractivity (Wildman–Crippen MR) is 100 cm³/mol. The van der Waals surface area contributed by atoms with Crippen molar-refractivity contribution in [3.8, 4) is 0 Å². The average molecular weight is 387 g/mol. The van der Waals surface area contributed by atoms with E-state index in [-0.39, 0.29) is 23.8 Å². The molecular weight excluding hydrogens is 366 g/mol. The summed E-state index contributed by atoms with van der Waals surface area (Å²) in [6.45, 7) is 3.31. The zero-order valence-electron chi connectivity index (χ0n) is 15.0. The van der Waals surface area contributed by atoms with Crippen LogP contribution in [0.25, 0.3) is 11.0 Å². The summed E-state index contributed by atoms with van der Waals surface area (Å²) in [6, 6.07) is 9.53. The van der Waals surface area contributed by atoms with Crippen molar-refractivity contribution >= 4 is 28.6 Å². The highest BCUT2D eigenvalue weighted by molar-refractivity contribution is 7.99. The van der Waals surface area contributed by atoms with Gasteiger partial charge in [-0.2, -0.15) is 0 Å². The fraction of sp³-hybridized carbons (Fsp3) is 0.444. The van der Waals surface area contributed by atoms with Crippen LogP contribution in [0.2, 0.25) is 0 Å². The lowest BCUT2D eigenvalue weighted by atomic mass is 10.2. The number of carbonyl (C=O) groups excluding carboxylic acids is 1. The van der Waals surface area contributed by atoms with Crippen molar-refractivity contribution < 1.29 is 13.9 Å². The number of hydrogen-bond donors (Lipinski definition) is 1. The van der Waals surface area contributed by atoms with Gasteiger partial charge in [0.1, 0.15) is 11.3 Å². The Morgan fingerprint density at radius 3 is 3.15 bits per heavy atom. The maximum Gasteiger partial charge on any atom is 0.231 e. The summed E-state index contributed by atoms with van der Waals surface area (Å²) in [5, 5.41) is 16.3. The number of benzene rings is 1. The molecule has 4 rings (SSSR count). The molecule has 3 heterocycles. The molecule has 1 fully saturated rings. The molecule has 1 aromatic carbocycles. The zero-order valence-corrected chi connectivity index (χ0v) is 15.8. The van der Waals surface area contributed by atoms with Crippen LogP contribution in [0.5, 0.6) is 0 Å². The van der Waals surface area contributed by atoms with E-state index in [9.17, 15) is 4.79 Å². The SMILES string of the molecule is C[C@H](NC(=O)CSc1nnnn1C[C@@H]1CCCO1)c1cc2ccccc2o1. The Kier molecular flexibility index (Phi) is 5.40. The second kappa shape index (κ2) is 8.10. The summed E-state index contributed by atoms with van der Waals surface area (Å²) in [7, 11) is 0. The molecule has 0 bridgehead atoms. The number of tetrazole rings is 1. The summed E-state index contributed by atoms with van der Waals surface area (Å²) in [4.78, 5) is 12.3. The highest BCUT2D eigenvalue weighted by atomic mass is 32.2. The minimum absolute atomic E-state index is 0.0976. The quantitative estimate of drug-likeness (QED) is 0.623. The fourth-order valence-electron chi connectivity index (χ4n) is 3.10. The Morgan fingerprint density at radius 1 is 1.44 bits per heavy atom. The number of thioether (sulfide) groups is 1. The van der Waals surface area contributed by atoms with Gasteiger partial charge in [0, 0.05) is 12.0 Å². The van der Waals surface area contributed by atoms with Crippen molar-refractivity contribution in [3.05, 3.63) is 36.1 Å². The Hall–Kier alpha value is -2.39. The number of aromatic nitrogens is 4. The van der Waals surface area contributed by atoms with E-state index in [4.69, 9.17) is 9.15 Å². The molecule has 2 aromatic heterocycles. The molecule has 0 unspecified atom stereocenters. The zero-order chi connectivity index (χ0) is 18.6. The third-order valence-electron chi connectivity index (χ3n) is 4.48. The Labute approximate surface area is 160 Å². The van der Waals surface area contributed by atoms with Gasteiger partial charge >= 0.3 is 0 Å². The molecule has 1 aliphatic heterocycles. The number of carbonyl (C=O) groups is 1. The Morgan fingerprint density at radius 2 is 2.33 bits per heavy atom. The van der Waals surface area contributed by atoms with E-state index in [2.05, 4.69) is 20.8 Å². The van der Waals surface area contributed by atoms with Crippen LogP contribution in [-0.4, -0.2) is 44.6 Å². The summed E-state index contributed by atoms with van der Waals surface area (Å²) < 4.78 is 13.1. The number of hydrogen-bond acceptors (Lipinski definition) is 7. The molecule has 1 saturated heterocycles. The van der Waals surface area contributed by atoms with Crippen LogP contribution in [0.3, 0.4) is 0 Å². The van der Waals surface area contributed by atoms with Crippen molar-refractivity contribution in [2.24, 2.45) is 0 Å². The molecular formula is C18H21N5O3S. The van der Waals surface area contributed by atoms with Gasteiger partial charge in [0.25, 0.3) is 0 Å². The largest absolute Gasteiger partial charge is 0.459 e. The number of nitrogens with one attached hydrogen (secondary N) is 1. The molecule has 142 valence electrons. The lowest BCUT2D eigenvalue weighted by molar-refractivity contribution is -0.119. The van der Waals surface area contributed by atoms with Crippen LogP contribution in [0.1, 0.15) is 31.6 Å². The van der Waals surface area contributed by atoms with E-state index in [1.165, 1.54) is 11.8 Å². The first-order valence-electron chi connectivity index (χ1n) is 8.97. The molecule has 1 aliphatic rings. The van der Waals surface area contributed by atoms with Crippen LogP contribution in [0.15, 0.2) is 39.9 Å². The van der Waals surface area contributed by atoms with E-state index in [0.29, 0.717) is 11.7 Å². The van der Waals surface area contributed by atoms with Crippen molar-refractivity contribution in [2.75, 3.05) is 12.4 Å². The standard InChI is InChI=1S/C18H21N5O3S/c1-12(16-9-13-5-2-3-7-15(13)26-16)19-17(24)11-27-18-20-21-22-23(18)10-14-6-4-8-25-14/h2-3,5,7,9,12,14H,4,6,8,10-11H2,1H3,(H,19,24)/t12-,14-/m0/s1. The molecule has 0 spiro atoms. The summed E-state index contributed by atoms with van der Waals surface area (Å²) in [6.07, 6.45) is 2.23. The minimum Gasteiger partial charge on any atom is -0.459 e. The summed E-state index contributed by atoms with van der Waals surface area (Å²) in [5.41, 5.74) is 0.816. The molecule has 0 aliphatic carbocycles. The fourth-order valence-corrected chi connectivity index (χ4v) is 3.79. The van der Waals surface area contributed by atoms with Crippen molar-refractivity contribution in [1.29, 1.82) is 0 Å². The van der Waals surface area contributed by atoms with E-state index in [0.717, 1.165) is 36.2 Å². The van der Waals surface area contributed by atoms with Crippen molar-refractivity contribution in [2.45, 2.75) is 43.6 Å². The molecule has 1 amide bonds. The number of nitrogens with zero attached hydrogens (tertiary/aromatic N) is 4. The Balaban J connectivity index is 1.31. The number of fused-ring (bicyclic) bond motifs is 1. The van der Waals surface area contributed by atoms with Gasteiger partial charge in [0.2, 0.25) is 11.1 Å². The van der Waals surface area contributed by atoms with E-state index < -0.39 is 0 Å². The van der Waals surface area contributed by atoms with Crippen LogP contribution < -0.4 is 5.32 Å². The predicted octanol–water partition coefficient (Wildman–Crippen LogP) is 2.57. The van der Waals surface area contributed by atoms with Crippen molar-refractivity contribution in [3.63, 3.8) is 0 Å². The lowest BCUT2D eigenvalue weighted by Gasteiger charge is -2.12. The van der Waals surface area contributed by atoms with Crippen LogP contribution in [-0.2, 0) is 16.1 Å². The third kappa shape index (κ3) is 4.30. The van der Waals surface area contributed by atoms with Crippen LogP contribution >= 0.6 is 11.8 Å². The second-order valence-electron chi connectivity index (χ2n) is 6.54. The van der Waals surface area contributed by atoms with Gasteiger partial charge in [-0.3, -0.25) is 4.79 Å². The highest BCUT2D eigenvalue weighted by Crippen LogP contribution is 2.24. The topological polar surface area (TPSA) is 95.1 Å². The highest BCUT2D eigenvalue weighted by Gasteiger charge is 2.20. The van der Waals surface area contributed by atoms with Crippen LogP contribution in [0.4, 0.5) is 0 Å².